The number of nitrogens with zero attached hydrogens (tertiary/aromatic N) is 3. The van der Waals surface area contributed by atoms with Gasteiger partial charge in [0.15, 0.2) is 0 Å². The fraction of sp³-hybridized carbons (Fsp3) is 0.450. The van der Waals surface area contributed by atoms with Gasteiger partial charge in [0, 0.05) is 43.8 Å². The lowest BCUT2D eigenvalue weighted by molar-refractivity contribution is -0.122. The molecule has 2 fully saturated rings. The van der Waals surface area contributed by atoms with Crippen LogP contribution in [-0.4, -0.2) is 57.9 Å². The lowest BCUT2D eigenvalue weighted by Gasteiger charge is -2.37. The Bertz CT molecular complexity index is 1120. The number of benzene rings is 1. The molecule has 4 rings (SSSR count). The maximum atomic E-state index is 14.9. The number of halogens is 4. The molecule has 1 aromatic heterocycles. The van der Waals surface area contributed by atoms with Crippen LogP contribution in [0, 0.1) is 5.82 Å². The summed E-state index contributed by atoms with van der Waals surface area (Å²) >= 11 is 4.89. The molecule has 0 unspecified atom stereocenters. The van der Waals surface area contributed by atoms with Crippen LogP contribution in [0.3, 0.4) is 0 Å². The first-order valence-electron chi connectivity index (χ1n) is 9.76. The van der Waals surface area contributed by atoms with Gasteiger partial charge in [-0.25, -0.2) is 9.18 Å². The van der Waals surface area contributed by atoms with Gasteiger partial charge in [-0.2, -0.15) is 13.2 Å². The number of carboxylic acids is 1. The largest absolute Gasteiger partial charge is 0.477 e. The molecule has 0 bridgehead atoms. The Morgan fingerprint density at radius 1 is 1.16 bits per heavy atom. The second kappa shape index (κ2) is 7.77. The van der Waals surface area contributed by atoms with Crippen molar-refractivity contribution in [2.24, 2.45) is 0 Å². The predicted octanol–water partition coefficient (Wildman–Crippen LogP) is 3.58. The summed E-state index contributed by atoms with van der Waals surface area (Å²) in [6.45, 7) is 0.974. The molecule has 1 saturated heterocycles. The molecule has 31 heavy (non-hydrogen) atoms. The molecule has 1 aliphatic heterocycles. The number of hydrogen-bond donors (Lipinski definition) is 1. The van der Waals surface area contributed by atoms with Crippen LogP contribution in [0.1, 0.15) is 35.7 Å². The predicted molar refractivity (Wildman–Crippen MR) is 110 cm³/mol. The third kappa shape index (κ3) is 4.36. The van der Waals surface area contributed by atoms with Gasteiger partial charge in [0.1, 0.15) is 11.4 Å². The minimum atomic E-state index is -4.38. The number of carboxylic acid groups (broad SMARTS) is 1. The van der Waals surface area contributed by atoms with Crippen LogP contribution in [0.2, 0.25) is 0 Å². The number of hydrogen-bond acceptors (Lipinski definition) is 4. The van der Waals surface area contributed by atoms with Crippen molar-refractivity contribution in [2.45, 2.75) is 31.5 Å². The molecule has 1 aliphatic carbocycles. The maximum absolute atomic E-state index is 14.9. The number of thiocarbonyl (C=S) groups is 1. The third-order valence-corrected chi connectivity index (χ3v) is 6.00. The number of piperazine rings is 1. The molecule has 0 spiro atoms. The molecule has 166 valence electrons. The summed E-state index contributed by atoms with van der Waals surface area (Å²) in [6, 6.07) is 2.63. The van der Waals surface area contributed by atoms with Gasteiger partial charge >= 0.3 is 12.1 Å². The molecule has 1 aromatic carbocycles. The molecule has 11 heteroatoms. The molecule has 1 N–H and O–H groups in total. The fourth-order valence-corrected chi connectivity index (χ4v) is 4.23. The number of aromatic carboxylic acids is 1. The van der Waals surface area contributed by atoms with E-state index in [-0.39, 0.29) is 48.3 Å². The molecule has 1 saturated carbocycles. The SMILES string of the molecule is O=C(O)c1cn(C2CC2)c2cc(N3CCN(C(=S)CC(F)(F)F)CC3)c(F)cc2c1=O. The van der Waals surface area contributed by atoms with Crippen molar-refractivity contribution in [3.05, 3.63) is 39.9 Å². The number of anilines is 1. The summed E-state index contributed by atoms with van der Waals surface area (Å²) in [7, 11) is 0. The highest BCUT2D eigenvalue weighted by Crippen LogP contribution is 2.38. The highest BCUT2D eigenvalue weighted by Gasteiger charge is 2.33. The summed E-state index contributed by atoms with van der Waals surface area (Å²) < 4.78 is 54.4. The molecule has 0 atom stereocenters. The zero-order chi connectivity index (χ0) is 22.5. The average molecular weight is 457 g/mol. The lowest BCUT2D eigenvalue weighted by atomic mass is 10.1. The Balaban J connectivity index is 1.64. The van der Waals surface area contributed by atoms with Crippen molar-refractivity contribution >= 4 is 39.8 Å². The first-order chi connectivity index (χ1) is 14.5. The first kappa shape index (κ1) is 21.5. The molecular formula is C20H19F4N3O3S. The van der Waals surface area contributed by atoms with Gasteiger partial charge in [-0.1, -0.05) is 12.2 Å². The van der Waals surface area contributed by atoms with E-state index in [9.17, 15) is 32.3 Å². The smallest absolute Gasteiger partial charge is 0.395 e. The van der Waals surface area contributed by atoms with Crippen LogP contribution in [0.25, 0.3) is 10.9 Å². The zero-order valence-electron chi connectivity index (χ0n) is 16.3. The van der Waals surface area contributed by atoms with Crippen LogP contribution in [-0.2, 0) is 0 Å². The number of alkyl halides is 3. The molecule has 2 aromatic rings. The summed E-state index contributed by atoms with van der Waals surface area (Å²) in [5, 5.41) is 9.32. The Morgan fingerprint density at radius 2 is 1.81 bits per heavy atom. The van der Waals surface area contributed by atoms with Gasteiger partial charge < -0.3 is 19.5 Å². The van der Waals surface area contributed by atoms with E-state index in [1.54, 1.807) is 9.47 Å². The van der Waals surface area contributed by atoms with Gasteiger partial charge in [0.2, 0.25) is 5.43 Å². The van der Waals surface area contributed by atoms with Crippen molar-refractivity contribution in [3.63, 3.8) is 0 Å². The van der Waals surface area contributed by atoms with E-state index < -0.39 is 35.4 Å². The minimum Gasteiger partial charge on any atom is -0.477 e. The van der Waals surface area contributed by atoms with E-state index in [1.165, 1.54) is 17.2 Å². The van der Waals surface area contributed by atoms with E-state index >= 15 is 0 Å². The Labute approximate surface area is 179 Å². The van der Waals surface area contributed by atoms with Gasteiger partial charge in [-0.15, -0.1) is 0 Å². The summed E-state index contributed by atoms with van der Waals surface area (Å²) in [5.74, 6) is -2.04. The topological polar surface area (TPSA) is 65.8 Å². The Morgan fingerprint density at radius 3 is 2.35 bits per heavy atom. The highest BCUT2D eigenvalue weighted by molar-refractivity contribution is 7.80. The van der Waals surface area contributed by atoms with E-state index in [0.717, 1.165) is 18.9 Å². The van der Waals surface area contributed by atoms with Crippen LogP contribution in [0.15, 0.2) is 23.1 Å². The second-order valence-electron chi connectivity index (χ2n) is 7.80. The maximum Gasteiger partial charge on any atom is 0.395 e. The van der Waals surface area contributed by atoms with Crippen molar-refractivity contribution < 1.29 is 27.5 Å². The monoisotopic (exact) mass is 457 g/mol. The molecule has 0 radical (unpaired) electrons. The van der Waals surface area contributed by atoms with Crippen LogP contribution < -0.4 is 10.3 Å². The van der Waals surface area contributed by atoms with Crippen LogP contribution >= 0.6 is 12.2 Å². The fourth-order valence-electron chi connectivity index (χ4n) is 3.89. The van der Waals surface area contributed by atoms with E-state index in [0.29, 0.717) is 5.52 Å². The molecule has 6 nitrogen and oxygen atoms in total. The number of aromatic nitrogens is 1. The average Bonchev–Trinajstić information content (AvgIpc) is 3.52. The molecular weight excluding hydrogens is 438 g/mol. The van der Waals surface area contributed by atoms with Crippen LogP contribution in [0.4, 0.5) is 23.2 Å². The molecule has 0 amide bonds. The van der Waals surface area contributed by atoms with E-state index in [4.69, 9.17) is 12.2 Å². The normalized spacial score (nSPS) is 17.3. The Hall–Kier alpha value is -2.69. The Kier molecular flexibility index (Phi) is 5.40. The van der Waals surface area contributed by atoms with E-state index in [2.05, 4.69) is 0 Å². The highest BCUT2D eigenvalue weighted by atomic mass is 32.1. The number of rotatable bonds is 4. The van der Waals surface area contributed by atoms with Gasteiger partial charge in [-0.05, 0) is 25.0 Å². The zero-order valence-corrected chi connectivity index (χ0v) is 17.1. The van der Waals surface area contributed by atoms with Gasteiger partial charge in [-0.3, -0.25) is 4.79 Å². The molecule has 2 aliphatic rings. The lowest BCUT2D eigenvalue weighted by Crippen LogP contribution is -2.49. The van der Waals surface area contributed by atoms with Crippen molar-refractivity contribution in [2.75, 3.05) is 31.1 Å². The van der Waals surface area contributed by atoms with Gasteiger partial charge in [0.05, 0.1) is 22.6 Å². The summed E-state index contributed by atoms with van der Waals surface area (Å²) in [5.41, 5.74) is -0.472. The second-order valence-corrected chi connectivity index (χ2v) is 8.27. The van der Waals surface area contributed by atoms with Crippen molar-refractivity contribution in [1.29, 1.82) is 0 Å². The van der Waals surface area contributed by atoms with E-state index in [1.807, 2.05) is 0 Å². The van der Waals surface area contributed by atoms with Crippen LogP contribution in [0.5, 0.6) is 0 Å². The summed E-state index contributed by atoms with van der Waals surface area (Å²) in [6.07, 6.45) is -2.57. The summed E-state index contributed by atoms with van der Waals surface area (Å²) in [4.78, 5) is 27.0. The van der Waals surface area contributed by atoms with Crippen molar-refractivity contribution in [3.8, 4) is 0 Å². The number of carbonyl (C=O) groups is 1. The number of fused-ring (bicyclic) bond motifs is 1. The third-order valence-electron chi connectivity index (χ3n) is 5.60. The minimum absolute atomic E-state index is 0.00181. The quantitative estimate of drug-likeness (QED) is 0.560. The van der Waals surface area contributed by atoms with Crippen molar-refractivity contribution in [1.82, 2.24) is 9.47 Å². The standard InChI is InChI=1S/C20H19F4N3O3S/c21-14-7-12-15(27(11-1-2-11)10-13(18(12)28)19(29)30)8-16(14)25-3-5-26(6-4-25)17(31)9-20(22,23)24/h7-8,10-11H,1-6,9H2,(H,29,30). The first-order valence-corrected chi connectivity index (χ1v) is 10.2. The molecule has 2 heterocycles. The van der Waals surface area contributed by atoms with Gasteiger partial charge in [0.25, 0.3) is 0 Å². The number of pyridine rings is 1.